The Bertz CT molecular complexity index is 251. The monoisotopic (exact) mass is 166 g/mol. The van der Waals surface area contributed by atoms with Crippen molar-refractivity contribution in [2.45, 2.75) is 13.3 Å². The van der Waals surface area contributed by atoms with Crippen LogP contribution in [0.1, 0.15) is 18.9 Å². The minimum Gasteiger partial charge on any atom is -0.0843 e. The lowest BCUT2D eigenvalue weighted by Gasteiger charge is -1.92. The van der Waals surface area contributed by atoms with Gasteiger partial charge in [-0.25, -0.2) is 0 Å². The summed E-state index contributed by atoms with van der Waals surface area (Å²) in [5.41, 5.74) is 1.17. The lowest BCUT2D eigenvalue weighted by Crippen LogP contribution is -1.69. The van der Waals surface area contributed by atoms with Crippen molar-refractivity contribution in [2.24, 2.45) is 0 Å². The van der Waals surface area contributed by atoms with Crippen molar-refractivity contribution in [3.63, 3.8) is 0 Å². The van der Waals surface area contributed by atoms with E-state index in [-0.39, 0.29) is 0 Å². The second kappa shape index (κ2) is 4.20. The van der Waals surface area contributed by atoms with Crippen LogP contribution in [-0.2, 0) is 0 Å². The summed E-state index contributed by atoms with van der Waals surface area (Å²) in [6.07, 6.45) is 5.25. The van der Waals surface area contributed by atoms with E-state index in [0.717, 1.165) is 11.4 Å². The Labute approximate surface area is 72.5 Å². The Hall–Kier alpha value is -0.750. The molecule has 0 aliphatic carbocycles. The van der Waals surface area contributed by atoms with Crippen molar-refractivity contribution in [3.8, 4) is 0 Å². The topological polar surface area (TPSA) is 0 Å². The van der Waals surface area contributed by atoms with Crippen LogP contribution >= 0.6 is 11.6 Å². The van der Waals surface area contributed by atoms with Crippen LogP contribution in [-0.4, -0.2) is 0 Å². The zero-order chi connectivity index (χ0) is 8.10. The standard InChI is InChI=1S/C10H11Cl/c1-2-3-5-9-6-4-7-10(11)8-9/h3-8H,2H2,1H3. The van der Waals surface area contributed by atoms with E-state index in [4.69, 9.17) is 11.6 Å². The largest absolute Gasteiger partial charge is 0.0843 e. The smallest absolute Gasteiger partial charge is 0.0411 e. The zero-order valence-electron chi connectivity index (χ0n) is 6.55. The van der Waals surface area contributed by atoms with Crippen LogP contribution in [0.4, 0.5) is 0 Å². The van der Waals surface area contributed by atoms with Gasteiger partial charge in [0.1, 0.15) is 0 Å². The van der Waals surface area contributed by atoms with Gasteiger partial charge in [0, 0.05) is 5.02 Å². The molecule has 0 amide bonds. The molecule has 0 spiro atoms. The molecule has 0 bridgehead atoms. The molecule has 0 fully saturated rings. The number of benzene rings is 1. The number of allylic oxidation sites excluding steroid dienone is 1. The second-order valence-electron chi connectivity index (χ2n) is 2.37. The molecule has 0 nitrogen and oxygen atoms in total. The van der Waals surface area contributed by atoms with Gasteiger partial charge >= 0.3 is 0 Å². The van der Waals surface area contributed by atoms with Crippen molar-refractivity contribution < 1.29 is 0 Å². The molecule has 0 unspecified atom stereocenters. The van der Waals surface area contributed by atoms with Crippen LogP contribution in [0.3, 0.4) is 0 Å². The molecule has 0 saturated heterocycles. The van der Waals surface area contributed by atoms with Gasteiger partial charge in [-0.2, -0.15) is 0 Å². The number of halogens is 1. The lowest BCUT2D eigenvalue weighted by molar-refractivity contribution is 1.23. The molecule has 1 heteroatoms. The van der Waals surface area contributed by atoms with Gasteiger partial charge in [-0.1, -0.05) is 42.8 Å². The van der Waals surface area contributed by atoms with Crippen molar-refractivity contribution in [2.75, 3.05) is 0 Å². The second-order valence-corrected chi connectivity index (χ2v) is 2.80. The third-order valence-corrected chi connectivity index (χ3v) is 1.63. The van der Waals surface area contributed by atoms with Crippen LogP contribution < -0.4 is 0 Å². The highest BCUT2D eigenvalue weighted by Gasteiger charge is 1.86. The molecular formula is C10H11Cl. The molecule has 11 heavy (non-hydrogen) atoms. The fourth-order valence-corrected chi connectivity index (χ4v) is 1.06. The quantitative estimate of drug-likeness (QED) is 0.628. The predicted molar refractivity (Wildman–Crippen MR) is 50.8 cm³/mol. The summed E-state index contributed by atoms with van der Waals surface area (Å²) < 4.78 is 0. The van der Waals surface area contributed by atoms with Crippen LogP contribution in [0.25, 0.3) is 6.08 Å². The SMILES string of the molecule is CCC=Cc1cccc(Cl)c1. The Morgan fingerprint density at radius 1 is 1.45 bits per heavy atom. The maximum atomic E-state index is 5.79. The molecule has 0 N–H and O–H groups in total. The van der Waals surface area contributed by atoms with E-state index in [0.29, 0.717) is 0 Å². The normalized spacial score (nSPS) is 10.7. The van der Waals surface area contributed by atoms with Crippen molar-refractivity contribution in [1.29, 1.82) is 0 Å². The molecule has 1 rings (SSSR count). The van der Waals surface area contributed by atoms with Crippen molar-refractivity contribution in [3.05, 3.63) is 40.9 Å². The van der Waals surface area contributed by atoms with Gasteiger partial charge in [0.2, 0.25) is 0 Å². The summed E-state index contributed by atoms with van der Waals surface area (Å²) in [5, 5.41) is 0.795. The number of rotatable bonds is 2. The minimum atomic E-state index is 0.795. The third kappa shape index (κ3) is 2.77. The molecule has 0 saturated carbocycles. The van der Waals surface area contributed by atoms with Crippen molar-refractivity contribution in [1.82, 2.24) is 0 Å². The van der Waals surface area contributed by atoms with Gasteiger partial charge in [-0.3, -0.25) is 0 Å². The first-order chi connectivity index (χ1) is 5.33. The van der Waals surface area contributed by atoms with Crippen LogP contribution in [0, 0.1) is 0 Å². The van der Waals surface area contributed by atoms with Gasteiger partial charge in [-0.15, -0.1) is 0 Å². The van der Waals surface area contributed by atoms with Gasteiger partial charge in [0.25, 0.3) is 0 Å². The van der Waals surface area contributed by atoms with Gasteiger partial charge in [0.05, 0.1) is 0 Å². The molecule has 58 valence electrons. The molecule has 0 aliphatic heterocycles. The van der Waals surface area contributed by atoms with E-state index in [2.05, 4.69) is 19.1 Å². The van der Waals surface area contributed by atoms with Crippen LogP contribution in [0.15, 0.2) is 30.3 Å². The molecule has 0 atom stereocenters. The van der Waals surface area contributed by atoms with E-state index in [1.165, 1.54) is 5.56 Å². The summed E-state index contributed by atoms with van der Waals surface area (Å²) in [6, 6.07) is 7.83. The fraction of sp³-hybridized carbons (Fsp3) is 0.200. The van der Waals surface area contributed by atoms with E-state index in [9.17, 15) is 0 Å². The van der Waals surface area contributed by atoms with E-state index in [1.54, 1.807) is 0 Å². The third-order valence-electron chi connectivity index (χ3n) is 1.39. The fourth-order valence-electron chi connectivity index (χ4n) is 0.864. The molecule has 0 heterocycles. The minimum absolute atomic E-state index is 0.795. The van der Waals surface area contributed by atoms with Gasteiger partial charge in [0.15, 0.2) is 0 Å². The Kier molecular flexibility index (Phi) is 3.18. The number of hydrogen-bond donors (Lipinski definition) is 0. The molecular weight excluding hydrogens is 156 g/mol. The highest BCUT2D eigenvalue weighted by molar-refractivity contribution is 6.30. The lowest BCUT2D eigenvalue weighted by atomic mass is 10.2. The molecule has 0 aliphatic rings. The molecule has 0 aromatic heterocycles. The Morgan fingerprint density at radius 2 is 2.27 bits per heavy atom. The van der Waals surface area contributed by atoms with E-state index >= 15 is 0 Å². The Morgan fingerprint density at radius 3 is 2.91 bits per heavy atom. The van der Waals surface area contributed by atoms with Crippen LogP contribution in [0.2, 0.25) is 5.02 Å². The van der Waals surface area contributed by atoms with Crippen molar-refractivity contribution >= 4 is 17.7 Å². The highest BCUT2D eigenvalue weighted by Crippen LogP contribution is 2.11. The predicted octanol–water partition coefficient (Wildman–Crippen LogP) is 3.76. The average molecular weight is 167 g/mol. The van der Waals surface area contributed by atoms with Gasteiger partial charge < -0.3 is 0 Å². The van der Waals surface area contributed by atoms with E-state index in [1.807, 2.05) is 24.3 Å². The van der Waals surface area contributed by atoms with E-state index < -0.39 is 0 Å². The summed E-state index contributed by atoms with van der Waals surface area (Å²) in [6.45, 7) is 2.11. The maximum absolute atomic E-state index is 5.79. The summed E-state index contributed by atoms with van der Waals surface area (Å²) in [7, 11) is 0. The summed E-state index contributed by atoms with van der Waals surface area (Å²) in [5.74, 6) is 0. The first kappa shape index (κ1) is 8.35. The molecule has 1 aromatic rings. The Balaban J connectivity index is 2.79. The molecule has 0 radical (unpaired) electrons. The number of hydrogen-bond acceptors (Lipinski definition) is 0. The first-order valence-electron chi connectivity index (χ1n) is 3.75. The average Bonchev–Trinajstić information content (AvgIpc) is 2.01. The molecule has 1 aromatic carbocycles. The first-order valence-corrected chi connectivity index (χ1v) is 4.13. The van der Waals surface area contributed by atoms with Crippen LogP contribution in [0.5, 0.6) is 0 Å². The van der Waals surface area contributed by atoms with Gasteiger partial charge in [-0.05, 0) is 24.1 Å². The maximum Gasteiger partial charge on any atom is 0.0411 e. The summed E-state index contributed by atoms with van der Waals surface area (Å²) >= 11 is 5.79. The highest BCUT2D eigenvalue weighted by atomic mass is 35.5. The summed E-state index contributed by atoms with van der Waals surface area (Å²) in [4.78, 5) is 0. The zero-order valence-corrected chi connectivity index (χ0v) is 7.31.